The summed E-state index contributed by atoms with van der Waals surface area (Å²) in [6.45, 7) is 6.58. The second-order valence-corrected chi connectivity index (χ2v) is 5.04. The van der Waals surface area contributed by atoms with Crippen molar-refractivity contribution in [3.8, 4) is 0 Å². The lowest BCUT2D eigenvalue weighted by Crippen LogP contribution is -2.10. The molecule has 2 rings (SSSR count). The van der Waals surface area contributed by atoms with Crippen LogP contribution in [-0.2, 0) is 6.42 Å². The van der Waals surface area contributed by atoms with Gasteiger partial charge in [-0.15, -0.1) is 0 Å². The Labute approximate surface area is 115 Å². The zero-order valence-electron chi connectivity index (χ0n) is 11.9. The summed E-state index contributed by atoms with van der Waals surface area (Å²) in [6, 6.07) is 16.9. The quantitative estimate of drug-likeness (QED) is 0.748. The van der Waals surface area contributed by atoms with Gasteiger partial charge in [0.1, 0.15) is 0 Å². The maximum absolute atomic E-state index is 3.28. The van der Waals surface area contributed by atoms with Gasteiger partial charge in [-0.1, -0.05) is 51.1 Å². The van der Waals surface area contributed by atoms with E-state index in [-0.39, 0.29) is 0 Å². The van der Waals surface area contributed by atoms with Gasteiger partial charge in [0, 0.05) is 0 Å². The summed E-state index contributed by atoms with van der Waals surface area (Å²) in [6.07, 6.45) is 1.02. The molecule has 0 unspecified atom stereocenters. The van der Waals surface area contributed by atoms with Crippen molar-refractivity contribution in [1.29, 1.82) is 0 Å². The highest BCUT2D eigenvalue weighted by molar-refractivity contribution is 5.56. The number of anilines is 2. The molecule has 19 heavy (non-hydrogen) atoms. The maximum Gasteiger partial charge on any atom is 0.0571 e. The van der Waals surface area contributed by atoms with Crippen molar-refractivity contribution in [3.05, 3.63) is 59.7 Å². The fourth-order valence-corrected chi connectivity index (χ4v) is 2.04. The molecule has 2 heteroatoms. The Balaban J connectivity index is 2.02. The van der Waals surface area contributed by atoms with Gasteiger partial charge in [-0.2, -0.15) is 0 Å². The lowest BCUT2D eigenvalue weighted by Gasteiger charge is -2.14. The standard InChI is InChI=1S/C17H22N2/c1-4-14-7-5-6-8-17(14)19-18-16-11-9-15(10-12-16)13(2)3/h5-13,18-19H,4H2,1-3H3. The molecular weight excluding hydrogens is 232 g/mol. The molecule has 2 aromatic carbocycles. The summed E-state index contributed by atoms with van der Waals surface area (Å²) >= 11 is 0. The molecule has 0 aromatic heterocycles. The molecule has 0 aliphatic rings. The van der Waals surface area contributed by atoms with Crippen molar-refractivity contribution in [2.45, 2.75) is 33.1 Å². The molecule has 100 valence electrons. The Bertz CT molecular complexity index is 515. The molecule has 2 N–H and O–H groups in total. The van der Waals surface area contributed by atoms with E-state index >= 15 is 0 Å². The predicted octanol–water partition coefficient (Wildman–Crippen LogP) is 4.81. The van der Waals surface area contributed by atoms with E-state index in [1.165, 1.54) is 11.1 Å². The van der Waals surface area contributed by atoms with Crippen LogP contribution in [-0.4, -0.2) is 0 Å². The maximum atomic E-state index is 3.28. The molecule has 0 aliphatic heterocycles. The Kier molecular flexibility index (Phi) is 4.45. The first-order chi connectivity index (χ1) is 9.20. The monoisotopic (exact) mass is 254 g/mol. The average molecular weight is 254 g/mol. The molecule has 0 spiro atoms. The number of hydrogen-bond donors (Lipinski definition) is 2. The summed E-state index contributed by atoms with van der Waals surface area (Å²) in [5.74, 6) is 0.572. The molecule has 0 saturated carbocycles. The highest BCUT2D eigenvalue weighted by Crippen LogP contribution is 2.19. The minimum Gasteiger partial charge on any atom is -0.301 e. The molecule has 0 aliphatic carbocycles. The number of rotatable bonds is 5. The fraction of sp³-hybridized carbons (Fsp3) is 0.294. The van der Waals surface area contributed by atoms with Gasteiger partial charge in [-0.25, -0.2) is 0 Å². The van der Waals surface area contributed by atoms with Crippen LogP contribution < -0.4 is 10.9 Å². The van der Waals surface area contributed by atoms with Crippen LogP contribution in [0.25, 0.3) is 0 Å². The number of hydrogen-bond acceptors (Lipinski definition) is 2. The average Bonchev–Trinajstić information content (AvgIpc) is 2.45. The second kappa shape index (κ2) is 6.28. The van der Waals surface area contributed by atoms with Gasteiger partial charge in [-0.05, 0) is 41.7 Å². The van der Waals surface area contributed by atoms with Crippen LogP contribution in [0.1, 0.15) is 37.8 Å². The second-order valence-electron chi connectivity index (χ2n) is 5.04. The van der Waals surface area contributed by atoms with Crippen LogP contribution in [0.4, 0.5) is 11.4 Å². The predicted molar refractivity (Wildman–Crippen MR) is 83.6 cm³/mol. The molecule has 0 heterocycles. The van der Waals surface area contributed by atoms with E-state index in [2.05, 4.69) is 74.1 Å². The van der Waals surface area contributed by atoms with E-state index in [0.717, 1.165) is 17.8 Å². The number of hydrazine groups is 1. The summed E-state index contributed by atoms with van der Waals surface area (Å²) in [5, 5.41) is 0. The first kappa shape index (κ1) is 13.5. The largest absolute Gasteiger partial charge is 0.301 e. The lowest BCUT2D eigenvalue weighted by molar-refractivity contribution is 0.867. The zero-order valence-corrected chi connectivity index (χ0v) is 11.9. The summed E-state index contributed by atoms with van der Waals surface area (Å²) < 4.78 is 0. The minimum absolute atomic E-state index is 0.572. The molecule has 0 radical (unpaired) electrons. The van der Waals surface area contributed by atoms with Gasteiger partial charge in [0.25, 0.3) is 0 Å². The molecule has 0 amide bonds. The van der Waals surface area contributed by atoms with Crippen LogP contribution in [0, 0.1) is 0 Å². The van der Waals surface area contributed by atoms with Crippen molar-refractivity contribution in [3.63, 3.8) is 0 Å². The molecule has 0 bridgehead atoms. The highest BCUT2D eigenvalue weighted by atomic mass is 15.4. The highest BCUT2D eigenvalue weighted by Gasteiger charge is 2.00. The third-order valence-corrected chi connectivity index (χ3v) is 3.32. The third kappa shape index (κ3) is 3.50. The van der Waals surface area contributed by atoms with E-state index in [0.29, 0.717) is 5.92 Å². The third-order valence-electron chi connectivity index (χ3n) is 3.32. The van der Waals surface area contributed by atoms with Gasteiger partial charge in [0.2, 0.25) is 0 Å². The van der Waals surface area contributed by atoms with Crippen molar-refractivity contribution in [2.24, 2.45) is 0 Å². The van der Waals surface area contributed by atoms with E-state index < -0.39 is 0 Å². The smallest absolute Gasteiger partial charge is 0.0571 e. The Hall–Kier alpha value is -1.96. The molecular formula is C17H22N2. The van der Waals surface area contributed by atoms with E-state index in [4.69, 9.17) is 0 Å². The topological polar surface area (TPSA) is 24.1 Å². The van der Waals surface area contributed by atoms with Crippen molar-refractivity contribution in [1.82, 2.24) is 0 Å². The van der Waals surface area contributed by atoms with Gasteiger partial charge in [0.05, 0.1) is 11.4 Å². The minimum atomic E-state index is 0.572. The first-order valence-corrected chi connectivity index (χ1v) is 6.90. The molecule has 0 atom stereocenters. The Morgan fingerprint density at radius 3 is 2.21 bits per heavy atom. The Morgan fingerprint density at radius 2 is 1.58 bits per heavy atom. The SMILES string of the molecule is CCc1ccccc1NNc1ccc(C(C)C)cc1. The number of benzene rings is 2. The molecule has 0 fully saturated rings. The molecule has 0 saturated heterocycles. The lowest BCUT2D eigenvalue weighted by atomic mass is 10.0. The Morgan fingerprint density at radius 1 is 0.895 bits per heavy atom. The number of aryl methyl sites for hydroxylation is 1. The van der Waals surface area contributed by atoms with Gasteiger partial charge < -0.3 is 10.9 Å². The first-order valence-electron chi connectivity index (χ1n) is 6.90. The number of para-hydroxylation sites is 1. The van der Waals surface area contributed by atoms with Crippen molar-refractivity contribution in [2.75, 3.05) is 10.9 Å². The van der Waals surface area contributed by atoms with Crippen LogP contribution in [0.5, 0.6) is 0 Å². The van der Waals surface area contributed by atoms with Gasteiger partial charge in [0.15, 0.2) is 0 Å². The van der Waals surface area contributed by atoms with Crippen LogP contribution in [0.3, 0.4) is 0 Å². The van der Waals surface area contributed by atoms with E-state index in [1.807, 2.05) is 6.07 Å². The van der Waals surface area contributed by atoms with Crippen LogP contribution in [0.2, 0.25) is 0 Å². The van der Waals surface area contributed by atoms with Crippen LogP contribution in [0.15, 0.2) is 48.5 Å². The van der Waals surface area contributed by atoms with E-state index in [1.54, 1.807) is 0 Å². The van der Waals surface area contributed by atoms with Gasteiger partial charge in [-0.3, -0.25) is 0 Å². The summed E-state index contributed by atoms with van der Waals surface area (Å²) in [5.41, 5.74) is 11.4. The van der Waals surface area contributed by atoms with E-state index in [9.17, 15) is 0 Å². The zero-order chi connectivity index (χ0) is 13.7. The number of nitrogens with one attached hydrogen (secondary N) is 2. The van der Waals surface area contributed by atoms with Crippen molar-refractivity contribution < 1.29 is 0 Å². The summed E-state index contributed by atoms with van der Waals surface area (Å²) in [4.78, 5) is 0. The van der Waals surface area contributed by atoms with Crippen molar-refractivity contribution >= 4 is 11.4 Å². The fourth-order valence-electron chi connectivity index (χ4n) is 2.04. The normalized spacial score (nSPS) is 10.5. The molecule has 2 nitrogen and oxygen atoms in total. The molecule has 2 aromatic rings. The summed E-state index contributed by atoms with van der Waals surface area (Å²) in [7, 11) is 0. The van der Waals surface area contributed by atoms with Crippen LogP contribution >= 0.6 is 0 Å². The van der Waals surface area contributed by atoms with Gasteiger partial charge >= 0.3 is 0 Å².